The SMILES string of the molecule is O=C(Cc1cccc(-c2ccc(S(=O)(=O)NC3CCC3)cc2)n1)C1(c2ccc3c(c2)OCO3)CC1.[HH]. The van der Waals surface area contributed by atoms with E-state index >= 15 is 0 Å². The van der Waals surface area contributed by atoms with E-state index in [0.29, 0.717) is 22.9 Å². The third kappa shape index (κ3) is 4.21. The quantitative estimate of drug-likeness (QED) is 0.501. The molecule has 7 nitrogen and oxygen atoms in total. The van der Waals surface area contributed by atoms with E-state index in [1.165, 1.54) is 0 Å². The summed E-state index contributed by atoms with van der Waals surface area (Å²) in [5, 5.41) is 0. The number of benzene rings is 2. The van der Waals surface area contributed by atoms with E-state index in [0.717, 1.165) is 43.2 Å². The predicted octanol–water partition coefficient (Wildman–Crippen LogP) is 4.40. The molecule has 182 valence electrons. The molecule has 0 unspecified atom stereocenters. The Bertz CT molecular complexity index is 1400. The summed E-state index contributed by atoms with van der Waals surface area (Å²) in [6, 6.07) is 18.1. The van der Waals surface area contributed by atoms with E-state index in [4.69, 9.17) is 14.5 Å². The number of rotatable bonds is 8. The Balaban J connectivity index is 0.00000267. The predicted molar refractivity (Wildman–Crippen MR) is 132 cm³/mol. The highest BCUT2D eigenvalue weighted by Crippen LogP contribution is 2.51. The van der Waals surface area contributed by atoms with Crippen LogP contribution in [0.1, 0.15) is 44.8 Å². The highest BCUT2D eigenvalue weighted by Gasteiger charge is 2.51. The Kier molecular flexibility index (Phi) is 5.38. The minimum Gasteiger partial charge on any atom is -0.454 e. The number of hydrogen-bond donors (Lipinski definition) is 1. The van der Waals surface area contributed by atoms with Gasteiger partial charge in [-0.15, -0.1) is 0 Å². The van der Waals surface area contributed by atoms with Gasteiger partial charge in [-0.05, 0) is 67.6 Å². The smallest absolute Gasteiger partial charge is 0.240 e. The molecule has 2 fully saturated rings. The summed E-state index contributed by atoms with van der Waals surface area (Å²) in [7, 11) is -3.51. The molecule has 1 aliphatic heterocycles. The number of Topliss-reactive ketones (excluding diaryl/α,β-unsaturated/α-hetero) is 1. The normalized spacial score (nSPS) is 18.2. The number of sulfonamides is 1. The van der Waals surface area contributed by atoms with Crippen molar-refractivity contribution in [1.82, 2.24) is 9.71 Å². The zero-order valence-corrected chi connectivity index (χ0v) is 20.0. The summed E-state index contributed by atoms with van der Waals surface area (Å²) in [4.78, 5) is 18.3. The van der Waals surface area contributed by atoms with Gasteiger partial charge in [0.1, 0.15) is 5.78 Å². The first kappa shape index (κ1) is 22.2. The Morgan fingerprint density at radius 2 is 1.80 bits per heavy atom. The number of ketones is 1. The average molecular weight is 493 g/mol. The number of fused-ring (bicyclic) bond motifs is 1. The molecule has 0 bridgehead atoms. The fourth-order valence-electron chi connectivity index (χ4n) is 4.74. The van der Waals surface area contributed by atoms with Crippen molar-refractivity contribution in [2.45, 2.75) is 54.9 Å². The Morgan fingerprint density at radius 1 is 1.03 bits per heavy atom. The van der Waals surface area contributed by atoms with Crippen molar-refractivity contribution in [2.24, 2.45) is 0 Å². The van der Waals surface area contributed by atoms with Crippen LogP contribution in [0.4, 0.5) is 0 Å². The van der Waals surface area contributed by atoms with E-state index in [1.807, 2.05) is 36.4 Å². The standard InChI is InChI=1S/C27H26N2O5S.H2/c30-26(27(13-14-27)19-9-12-24-25(15-19)34-17-33-24)16-21-5-2-6-23(28-21)18-7-10-22(11-8-18)35(31,32)29-20-3-1-4-20;/h2,5-12,15,20,29H,1,3-4,13-14,16-17H2;1H. The first-order valence-corrected chi connectivity index (χ1v) is 13.4. The highest BCUT2D eigenvalue weighted by atomic mass is 32.2. The van der Waals surface area contributed by atoms with E-state index < -0.39 is 15.4 Å². The maximum atomic E-state index is 13.3. The number of ether oxygens (including phenoxy) is 2. The van der Waals surface area contributed by atoms with Crippen LogP contribution in [-0.2, 0) is 26.7 Å². The molecule has 0 spiro atoms. The maximum absolute atomic E-state index is 13.3. The summed E-state index contributed by atoms with van der Waals surface area (Å²) in [6.07, 6.45) is 4.71. The second-order valence-electron chi connectivity index (χ2n) is 9.54. The topological polar surface area (TPSA) is 94.6 Å². The monoisotopic (exact) mass is 492 g/mol. The molecule has 1 N–H and O–H groups in total. The van der Waals surface area contributed by atoms with Crippen molar-refractivity contribution in [3.63, 3.8) is 0 Å². The summed E-state index contributed by atoms with van der Waals surface area (Å²) >= 11 is 0. The number of aromatic nitrogens is 1. The number of carbonyl (C=O) groups excluding carboxylic acids is 1. The fourth-order valence-corrected chi connectivity index (χ4v) is 6.04. The first-order valence-electron chi connectivity index (χ1n) is 12.0. The molecule has 2 saturated carbocycles. The van der Waals surface area contributed by atoms with E-state index in [2.05, 4.69) is 4.72 Å². The van der Waals surface area contributed by atoms with Crippen molar-refractivity contribution < 1.29 is 24.1 Å². The van der Waals surface area contributed by atoms with Crippen LogP contribution in [0.2, 0.25) is 0 Å². The van der Waals surface area contributed by atoms with Gasteiger partial charge in [0, 0.05) is 25.1 Å². The van der Waals surface area contributed by atoms with Crippen molar-refractivity contribution >= 4 is 15.8 Å². The maximum Gasteiger partial charge on any atom is 0.240 e. The van der Waals surface area contributed by atoms with E-state index in [1.54, 1.807) is 24.3 Å². The molecular formula is C27H28N2O5S. The Hall–Kier alpha value is -3.23. The van der Waals surface area contributed by atoms with Crippen LogP contribution in [0.5, 0.6) is 11.5 Å². The Morgan fingerprint density at radius 3 is 2.51 bits per heavy atom. The van der Waals surface area contributed by atoms with Gasteiger partial charge < -0.3 is 9.47 Å². The molecular weight excluding hydrogens is 464 g/mol. The van der Waals surface area contributed by atoms with Crippen molar-refractivity contribution in [3.05, 3.63) is 71.9 Å². The van der Waals surface area contributed by atoms with Crippen LogP contribution in [0, 0.1) is 0 Å². The highest BCUT2D eigenvalue weighted by molar-refractivity contribution is 7.89. The van der Waals surface area contributed by atoms with Crippen molar-refractivity contribution in [1.29, 1.82) is 0 Å². The van der Waals surface area contributed by atoms with Crippen LogP contribution in [0.3, 0.4) is 0 Å². The van der Waals surface area contributed by atoms with Crippen LogP contribution in [0.25, 0.3) is 11.3 Å². The number of nitrogens with zero attached hydrogens (tertiary/aromatic N) is 1. The number of nitrogens with one attached hydrogen (secondary N) is 1. The van der Waals surface area contributed by atoms with Gasteiger partial charge in [0.25, 0.3) is 0 Å². The van der Waals surface area contributed by atoms with Gasteiger partial charge in [0.05, 0.1) is 16.0 Å². The molecule has 3 aromatic rings. The van der Waals surface area contributed by atoms with Crippen molar-refractivity contribution in [2.75, 3.05) is 6.79 Å². The minimum atomic E-state index is -3.51. The van der Waals surface area contributed by atoms with Crippen LogP contribution in [-0.4, -0.2) is 32.0 Å². The van der Waals surface area contributed by atoms with Gasteiger partial charge in [0.2, 0.25) is 16.8 Å². The lowest BCUT2D eigenvalue weighted by Crippen LogP contribution is -2.39. The largest absolute Gasteiger partial charge is 0.454 e. The lowest BCUT2D eigenvalue weighted by Gasteiger charge is -2.26. The summed E-state index contributed by atoms with van der Waals surface area (Å²) in [5.41, 5.74) is 2.69. The Labute approximate surface area is 206 Å². The summed E-state index contributed by atoms with van der Waals surface area (Å²) < 4.78 is 38.8. The fraction of sp³-hybridized carbons (Fsp3) is 0.333. The van der Waals surface area contributed by atoms with E-state index in [9.17, 15) is 13.2 Å². The minimum absolute atomic E-state index is 0. The third-order valence-corrected chi connectivity index (χ3v) is 8.78. The lowest BCUT2D eigenvalue weighted by atomic mass is 9.88. The van der Waals surface area contributed by atoms with Gasteiger partial charge in [-0.2, -0.15) is 0 Å². The molecule has 8 heteroatoms. The third-order valence-electron chi connectivity index (χ3n) is 7.24. The van der Waals surface area contributed by atoms with Gasteiger partial charge >= 0.3 is 0 Å². The van der Waals surface area contributed by atoms with E-state index in [-0.39, 0.29) is 31.4 Å². The molecule has 1 aromatic heterocycles. The number of carbonyl (C=O) groups is 1. The number of hydrogen-bond acceptors (Lipinski definition) is 6. The second-order valence-corrected chi connectivity index (χ2v) is 11.3. The average Bonchev–Trinajstić information content (AvgIpc) is 3.53. The number of pyridine rings is 1. The molecule has 0 amide bonds. The zero-order chi connectivity index (χ0) is 24.0. The van der Waals surface area contributed by atoms with Gasteiger partial charge in [0.15, 0.2) is 11.5 Å². The molecule has 0 radical (unpaired) electrons. The molecule has 3 aliphatic rings. The van der Waals surface area contributed by atoms with Crippen LogP contribution < -0.4 is 14.2 Å². The van der Waals surface area contributed by atoms with Crippen LogP contribution >= 0.6 is 0 Å². The second kappa shape index (κ2) is 8.46. The zero-order valence-electron chi connectivity index (χ0n) is 19.2. The van der Waals surface area contributed by atoms with Gasteiger partial charge in [-0.25, -0.2) is 13.1 Å². The van der Waals surface area contributed by atoms with Gasteiger partial charge in [-0.1, -0.05) is 30.7 Å². The first-order chi connectivity index (χ1) is 16.9. The van der Waals surface area contributed by atoms with Crippen LogP contribution in [0.15, 0.2) is 65.6 Å². The molecule has 2 heterocycles. The summed E-state index contributed by atoms with van der Waals surface area (Å²) in [5.74, 6) is 1.54. The molecule has 0 saturated heterocycles. The molecule has 35 heavy (non-hydrogen) atoms. The van der Waals surface area contributed by atoms with Crippen molar-refractivity contribution in [3.8, 4) is 22.8 Å². The molecule has 2 aliphatic carbocycles. The van der Waals surface area contributed by atoms with Gasteiger partial charge in [-0.3, -0.25) is 9.78 Å². The molecule has 6 rings (SSSR count). The molecule has 0 atom stereocenters. The molecule has 2 aromatic carbocycles. The lowest BCUT2D eigenvalue weighted by molar-refractivity contribution is -0.120. The summed E-state index contributed by atoms with van der Waals surface area (Å²) in [6.45, 7) is 0.209.